The summed E-state index contributed by atoms with van der Waals surface area (Å²) >= 11 is 1.34. The molecule has 0 saturated heterocycles. The fourth-order valence-electron chi connectivity index (χ4n) is 3.00. The first-order valence-corrected chi connectivity index (χ1v) is 9.54. The Bertz CT molecular complexity index is 1050. The molecule has 2 aromatic heterocycles. The lowest BCUT2D eigenvalue weighted by Gasteiger charge is -2.30. The summed E-state index contributed by atoms with van der Waals surface area (Å²) in [5.41, 5.74) is 6.31. The van der Waals surface area contributed by atoms with Crippen LogP contribution in [-0.4, -0.2) is 27.5 Å². The van der Waals surface area contributed by atoms with Crippen molar-refractivity contribution in [2.45, 2.75) is 25.3 Å². The summed E-state index contributed by atoms with van der Waals surface area (Å²) in [5.74, 6) is 1.23. The van der Waals surface area contributed by atoms with Crippen LogP contribution in [0.2, 0.25) is 0 Å². The Hall–Kier alpha value is -3.18. The van der Waals surface area contributed by atoms with E-state index in [0.717, 1.165) is 11.0 Å². The first-order chi connectivity index (χ1) is 13.8. The number of thioether (sulfide) groups is 1. The number of hydrogen-bond acceptors (Lipinski definition) is 7. The van der Waals surface area contributed by atoms with Crippen LogP contribution in [0.15, 0.2) is 47.1 Å². The molecule has 148 valence electrons. The first-order valence-electron chi connectivity index (χ1n) is 8.72. The molecule has 0 amide bonds. The molecule has 0 radical (unpaired) electrons. The average Bonchev–Trinajstić information content (AvgIpc) is 2.65. The van der Waals surface area contributed by atoms with Crippen molar-refractivity contribution in [2.75, 3.05) is 6.61 Å². The van der Waals surface area contributed by atoms with Gasteiger partial charge in [-0.3, -0.25) is 9.78 Å². The van der Waals surface area contributed by atoms with Gasteiger partial charge in [0.1, 0.15) is 23.6 Å². The molecular weight excluding hydrogens is 391 g/mol. The van der Waals surface area contributed by atoms with Crippen LogP contribution in [0.3, 0.4) is 0 Å². The lowest BCUT2D eigenvalue weighted by molar-refractivity contribution is 0.0983. The maximum atomic E-state index is 14.3. The number of halogens is 1. The molecule has 0 bridgehead atoms. The van der Waals surface area contributed by atoms with E-state index < -0.39 is 17.1 Å². The Morgan fingerprint density at radius 3 is 2.97 bits per heavy atom. The summed E-state index contributed by atoms with van der Waals surface area (Å²) in [6.07, 6.45) is 8.52. The Labute approximate surface area is 172 Å². The molecular formula is C21H19FN4O2S. The van der Waals surface area contributed by atoms with Crippen LogP contribution in [-0.2, 0) is 12.0 Å². The fourth-order valence-corrected chi connectivity index (χ4v) is 3.89. The Balaban J connectivity index is 1.80. The highest BCUT2D eigenvalue weighted by Crippen LogP contribution is 2.39. The Morgan fingerprint density at radius 1 is 1.48 bits per heavy atom. The molecule has 1 aliphatic heterocycles. The molecule has 0 fully saturated rings. The Morgan fingerprint density at radius 2 is 2.28 bits per heavy atom. The predicted octanol–water partition coefficient (Wildman–Crippen LogP) is 3.23. The average molecular weight is 410 g/mol. The van der Waals surface area contributed by atoms with Crippen LogP contribution in [0.1, 0.15) is 35.1 Å². The van der Waals surface area contributed by atoms with E-state index in [1.165, 1.54) is 18.0 Å². The summed E-state index contributed by atoms with van der Waals surface area (Å²) in [7, 11) is 0. The highest BCUT2D eigenvalue weighted by molar-refractivity contribution is 8.17. The number of ether oxygens (including phenoxy) is 1. The number of Topliss-reactive ketones (excluding diaryl/α,β-unsaturated/α-hetero) is 1. The van der Waals surface area contributed by atoms with Crippen LogP contribution in [0.5, 0.6) is 5.75 Å². The summed E-state index contributed by atoms with van der Waals surface area (Å²) in [6, 6.07) is 4.58. The van der Waals surface area contributed by atoms with E-state index >= 15 is 0 Å². The van der Waals surface area contributed by atoms with Crippen LogP contribution < -0.4 is 10.5 Å². The number of pyridine rings is 2. The van der Waals surface area contributed by atoms with Gasteiger partial charge in [-0.1, -0.05) is 24.3 Å². The molecule has 0 saturated carbocycles. The van der Waals surface area contributed by atoms with E-state index in [4.69, 9.17) is 16.9 Å². The van der Waals surface area contributed by atoms with Crippen LogP contribution in [0.25, 0.3) is 0 Å². The number of amidine groups is 1. The van der Waals surface area contributed by atoms with Crippen molar-refractivity contribution in [3.8, 4) is 18.1 Å². The number of carbonyl (C=O) groups excluding carboxylic acids is 1. The molecule has 29 heavy (non-hydrogen) atoms. The van der Waals surface area contributed by atoms with Gasteiger partial charge in [-0.05, 0) is 29.5 Å². The standard InChI is InChI=1S/C21H19FN4O2S/c1-4-7-28-15-10-16(22)19(25-12-15)17(27)8-14-5-6-24-18(9-14)21(3)11-13(2)29-20(23)26-21/h1,5-6,9-10,12H,2,7-8,11H2,3H3,(H2,23,26)/t21-/m0/s1. The topological polar surface area (TPSA) is 90.5 Å². The van der Waals surface area contributed by atoms with Crippen molar-refractivity contribution in [1.29, 1.82) is 0 Å². The number of nitrogens with zero attached hydrogens (tertiary/aromatic N) is 3. The van der Waals surface area contributed by atoms with Crippen molar-refractivity contribution < 1.29 is 13.9 Å². The highest BCUT2D eigenvalue weighted by atomic mass is 32.2. The van der Waals surface area contributed by atoms with Crippen molar-refractivity contribution in [3.63, 3.8) is 0 Å². The van der Waals surface area contributed by atoms with E-state index in [1.807, 2.05) is 6.92 Å². The number of aromatic nitrogens is 2. The molecule has 0 aromatic carbocycles. The smallest absolute Gasteiger partial charge is 0.188 e. The number of rotatable bonds is 6. The molecule has 8 heteroatoms. The number of ketones is 1. The van der Waals surface area contributed by atoms with E-state index in [0.29, 0.717) is 22.8 Å². The highest BCUT2D eigenvalue weighted by Gasteiger charge is 2.33. The second-order valence-electron chi connectivity index (χ2n) is 6.68. The van der Waals surface area contributed by atoms with Gasteiger partial charge in [0.25, 0.3) is 0 Å². The summed E-state index contributed by atoms with van der Waals surface area (Å²) in [5, 5.41) is 0.422. The molecule has 0 unspecified atom stereocenters. The molecule has 1 aliphatic rings. The van der Waals surface area contributed by atoms with Gasteiger partial charge < -0.3 is 10.5 Å². The molecule has 0 spiro atoms. The van der Waals surface area contributed by atoms with Gasteiger partial charge in [0.15, 0.2) is 16.8 Å². The molecule has 6 nitrogen and oxygen atoms in total. The molecule has 3 rings (SSSR count). The third-order valence-electron chi connectivity index (χ3n) is 4.29. The van der Waals surface area contributed by atoms with E-state index in [9.17, 15) is 9.18 Å². The maximum absolute atomic E-state index is 14.3. The van der Waals surface area contributed by atoms with Crippen molar-refractivity contribution in [3.05, 3.63) is 64.8 Å². The van der Waals surface area contributed by atoms with Gasteiger partial charge in [-0.15, -0.1) is 6.42 Å². The van der Waals surface area contributed by atoms with Crippen LogP contribution in [0, 0.1) is 18.2 Å². The van der Waals surface area contributed by atoms with Gasteiger partial charge >= 0.3 is 0 Å². The third-order valence-corrected chi connectivity index (χ3v) is 5.02. The Kier molecular flexibility index (Phi) is 5.99. The van der Waals surface area contributed by atoms with Gasteiger partial charge in [0, 0.05) is 25.1 Å². The zero-order chi connectivity index (χ0) is 21.0. The fraction of sp³-hybridized carbons (Fsp3) is 0.238. The normalized spacial score (nSPS) is 18.7. The second-order valence-corrected chi connectivity index (χ2v) is 7.88. The SMILES string of the molecule is C#CCOc1cnc(C(=O)Cc2ccnc([C@]3(C)CC(=C)SC(N)=N3)c2)c(F)c1. The first kappa shape index (κ1) is 20.6. The largest absolute Gasteiger partial charge is 0.479 e. The number of carbonyl (C=O) groups is 1. The van der Waals surface area contributed by atoms with Gasteiger partial charge in [-0.2, -0.15) is 0 Å². The summed E-state index contributed by atoms with van der Waals surface area (Å²) in [6.45, 7) is 5.88. The van der Waals surface area contributed by atoms with Crippen molar-refractivity contribution >= 4 is 22.7 Å². The van der Waals surface area contributed by atoms with Gasteiger partial charge in [0.2, 0.25) is 0 Å². The van der Waals surface area contributed by atoms with Crippen molar-refractivity contribution in [2.24, 2.45) is 10.7 Å². The van der Waals surface area contributed by atoms with Gasteiger partial charge in [0.05, 0.1) is 11.9 Å². The van der Waals surface area contributed by atoms with Crippen LogP contribution >= 0.6 is 11.8 Å². The lowest BCUT2D eigenvalue weighted by Crippen LogP contribution is -2.28. The molecule has 2 N–H and O–H groups in total. The van der Waals surface area contributed by atoms with Crippen LogP contribution in [0.4, 0.5) is 4.39 Å². The second kappa shape index (κ2) is 8.45. The van der Waals surface area contributed by atoms with E-state index in [-0.39, 0.29) is 24.5 Å². The molecule has 1 atom stereocenters. The van der Waals surface area contributed by atoms with Gasteiger partial charge in [-0.25, -0.2) is 14.4 Å². The third kappa shape index (κ3) is 4.81. The summed E-state index contributed by atoms with van der Waals surface area (Å²) < 4.78 is 19.4. The monoisotopic (exact) mass is 410 g/mol. The van der Waals surface area contributed by atoms with E-state index in [1.54, 1.807) is 18.3 Å². The number of aliphatic imine (C=N–C) groups is 1. The lowest BCUT2D eigenvalue weighted by atomic mass is 9.92. The maximum Gasteiger partial charge on any atom is 0.188 e. The zero-order valence-electron chi connectivity index (χ0n) is 15.8. The minimum absolute atomic E-state index is 0.00903. The number of nitrogens with two attached hydrogens (primary N) is 1. The number of terminal acetylenes is 1. The summed E-state index contributed by atoms with van der Waals surface area (Å²) in [4.78, 5) is 26.3. The predicted molar refractivity (Wildman–Crippen MR) is 111 cm³/mol. The van der Waals surface area contributed by atoms with E-state index in [2.05, 4.69) is 27.5 Å². The molecule has 3 heterocycles. The minimum atomic E-state index is -0.760. The minimum Gasteiger partial charge on any atom is -0.479 e. The number of hydrogen-bond donors (Lipinski definition) is 1. The van der Waals surface area contributed by atoms with Crippen molar-refractivity contribution in [1.82, 2.24) is 9.97 Å². The zero-order valence-corrected chi connectivity index (χ0v) is 16.6. The quantitative estimate of drug-likeness (QED) is 0.581. The molecule has 0 aliphatic carbocycles. The molecule has 2 aromatic rings.